The number of fused-ring (bicyclic) bond motifs is 2. The second kappa shape index (κ2) is 8.56. The number of rotatable bonds is 4. The Balaban J connectivity index is 1.44. The summed E-state index contributed by atoms with van der Waals surface area (Å²) in [4.78, 5) is 33.4. The minimum absolute atomic E-state index is 0.168. The second-order valence-electron chi connectivity index (χ2n) is 9.60. The Kier molecular flexibility index (Phi) is 5.30. The molecular formula is C26H21FN8OS. The van der Waals surface area contributed by atoms with Gasteiger partial charge in [-0.3, -0.25) is 19.9 Å². The lowest BCUT2D eigenvalue weighted by Crippen LogP contribution is -2.27. The van der Waals surface area contributed by atoms with Crippen LogP contribution in [0.1, 0.15) is 20.8 Å². The Labute approximate surface area is 214 Å². The summed E-state index contributed by atoms with van der Waals surface area (Å²) in [6.07, 6.45) is 6.17. The highest BCUT2D eigenvalue weighted by Gasteiger charge is 2.23. The Morgan fingerprint density at radius 3 is 2.76 bits per heavy atom. The molecule has 0 atom stereocenters. The van der Waals surface area contributed by atoms with E-state index in [1.807, 2.05) is 43.7 Å². The molecule has 0 bridgehead atoms. The topological polar surface area (TPSA) is 125 Å². The minimum atomic E-state index is -0.585. The largest absolute Gasteiger partial charge is 0.337 e. The normalized spacial score (nSPS) is 11.9. The highest BCUT2D eigenvalue weighted by molar-refractivity contribution is 7.08. The highest BCUT2D eigenvalue weighted by Crippen LogP contribution is 2.34. The van der Waals surface area contributed by atoms with Crippen molar-refractivity contribution in [2.24, 2.45) is 5.41 Å². The van der Waals surface area contributed by atoms with Crippen molar-refractivity contribution in [3.63, 3.8) is 0 Å². The molecule has 0 radical (unpaired) electrons. The van der Waals surface area contributed by atoms with Crippen molar-refractivity contribution in [3.05, 3.63) is 59.6 Å². The first-order valence-electron chi connectivity index (χ1n) is 11.5. The molecule has 184 valence electrons. The molecule has 0 spiro atoms. The van der Waals surface area contributed by atoms with Crippen molar-refractivity contribution in [2.45, 2.75) is 20.8 Å². The van der Waals surface area contributed by atoms with Crippen LogP contribution in [0.15, 0.2) is 53.7 Å². The van der Waals surface area contributed by atoms with Crippen LogP contribution < -0.4 is 5.32 Å². The molecule has 0 aliphatic carbocycles. The van der Waals surface area contributed by atoms with E-state index in [9.17, 15) is 4.79 Å². The van der Waals surface area contributed by atoms with Crippen molar-refractivity contribution in [1.82, 2.24) is 35.1 Å². The summed E-state index contributed by atoms with van der Waals surface area (Å²) in [7, 11) is 0. The molecule has 37 heavy (non-hydrogen) atoms. The van der Waals surface area contributed by atoms with E-state index < -0.39 is 11.2 Å². The highest BCUT2D eigenvalue weighted by atomic mass is 32.1. The van der Waals surface area contributed by atoms with E-state index >= 15 is 4.39 Å². The summed E-state index contributed by atoms with van der Waals surface area (Å²) in [6.45, 7) is 5.44. The van der Waals surface area contributed by atoms with Crippen molar-refractivity contribution < 1.29 is 9.18 Å². The molecule has 3 N–H and O–H groups in total. The van der Waals surface area contributed by atoms with Gasteiger partial charge in [-0.1, -0.05) is 20.8 Å². The number of carbonyl (C=O) groups excluding carboxylic acids is 1. The molecule has 6 aromatic rings. The number of hydrogen-bond acceptors (Lipinski definition) is 7. The summed E-state index contributed by atoms with van der Waals surface area (Å²) >= 11 is 1.58. The Bertz CT molecular complexity index is 1780. The van der Waals surface area contributed by atoms with Crippen LogP contribution in [-0.4, -0.2) is 41.0 Å². The van der Waals surface area contributed by atoms with Gasteiger partial charge in [-0.05, 0) is 23.6 Å². The minimum Gasteiger partial charge on any atom is -0.337 e. The lowest BCUT2D eigenvalue weighted by molar-refractivity contribution is -0.123. The van der Waals surface area contributed by atoms with Crippen molar-refractivity contribution in [2.75, 3.05) is 5.32 Å². The summed E-state index contributed by atoms with van der Waals surface area (Å²) in [5.74, 6) is -0.269. The maximum Gasteiger partial charge on any atom is 0.229 e. The molecule has 0 aliphatic heterocycles. The van der Waals surface area contributed by atoms with Gasteiger partial charge in [0.15, 0.2) is 11.5 Å². The van der Waals surface area contributed by atoms with E-state index in [2.05, 4.69) is 35.5 Å². The third-order valence-corrected chi connectivity index (χ3v) is 6.62. The first-order valence-corrected chi connectivity index (χ1v) is 12.4. The van der Waals surface area contributed by atoms with Crippen LogP contribution in [0.25, 0.3) is 56.0 Å². The number of carbonyl (C=O) groups is 1. The molecule has 0 unspecified atom stereocenters. The van der Waals surface area contributed by atoms with Gasteiger partial charge in [-0.2, -0.15) is 16.4 Å². The number of anilines is 1. The van der Waals surface area contributed by atoms with Gasteiger partial charge < -0.3 is 10.3 Å². The number of hydrogen-bond donors (Lipinski definition) is 3. The van der Waals surface area contributed by atoms with Crippen LogP contribution in [0.3, 0.4) is 0 Å². The van der Waals surface area contributed by atoms with Crippen molar-refractivity contribution in [1.29, 1.82) is 0 Å². The fourth-order valence-electron chi connectivity index (χ4n) is 3.96. The summed E-state index contributed by atoms with van der Waals surface area (Å²) in [6, 6.07) is 5.47. The standard InChI is InChI=1S/C26H21FN8OS/c1-26(2,3)25(36)31-15-8-14(9-28-10-15)16-11-30-23-18(19(16)27)22(34-35-23)24-32-17-4-6-29-20(21(17)33-24)13-5-7-37-12-13/h4-12H,1-3H3,(H,31,36)(H,32,33)(H,30,34,35). The zero-order valence-corrected chi connectivity index (χ0v) is 20.9. The van der Waals surface area contributed by atoms with Crippen molar-refractivity contribution in [3.8, 4) is 33.9 Å². The van der Waals surface area contributed by atoms with Crippen LogP contribution in [0.5, 0.6) is 0 Å². The summed E-state index contributed by atoms with van der Waals surface area (Å²) in [5, 5.41) is 14.1. The maximum atomic E-state index is 16.0. The van der Waals surface area contributed by atoms with E-state index in [4.69, 9.17) is 4.98 Å². The van der Waals surface area contributed by atoms with Crippen LogP contribution in [0, 0.1) is 11.2 Å². The average Bonchev–Trinajstić information content (AvgIpc) is 3.63. The van der Waals surface area contributed by atoms with E-state index in [1.54, 1.807) is 23.6 Å². The molecule has 6 aromatic heterocycles. The number of thiophene rings is 1. The summed E-state index contributed by atoms with van der Waals surface area (Å²) in [5.41, 5.74) is 4.32. The molecule has 0 fully saturated rings. The predicted molar refractivity (Wildman–Crippen MR) is 141 cm³/mol. The Morgan fingerprint density at radius 1 is 1.11 bits per heavy atom. The first kappa shape index (κ1) is 22.9. The number of aromatic nitrogens is 7. The number of halogens is 1. The van der Waals surface area contributed by atoms with Gasteiger partial charge in [0.2, 0.25) is 5.91 Å². The van der Waals surface area contributed by atoms with Gasteiger partial charge in [0.25, 0.3) is 0 Å². The molecule has 6 rings (SSSR count). The average molecular weight is 513 g/mol. The Morgan fingerprint density at radius 2 is 1.97 bits per heavy atom. The molecule has 6 heterocycles. The number of pyridine rings is 3. The molecule has 0 saturated carbocycles. The monoisotopic (exact) mass is 512 g/mol. The zero-order valence-electron chi connectivity index (χ0n) is 20.1. The number of imidazole rings is 1. The molecule has 11 heteroatoms. The van der Waals surface area contributed by atoms with Gasteiger partial charge in [-0.25, -0.2) is 14.4 Å². The smallest absolute Gasteiger partial charge is 0.229 e. The number of H-pyrrole nitrogens is 2. The molecule has 0 saturated heterocycles. The molecule has 9 nitrogen and oxygen atoms in total. The predicted octanol–water partition coefficient (Wildman–Crippen LogP) is 5.81. The maximum absolute atomic E-state index is 16.0. The molecule has 1 amide bonds. The molecule has 0 aliphatic rings. The van der Waals surface area contributed by atoms with Gasteiger partial charge in [0, 0.05) is 46.1 Å². The van der Waals surface area contributed by atoms with Crippen LogP contribution in [-0.2, 0) is 4.79 Å². The Hall–Kier alpha value is -4.51. The van der Waals surface area contributed by atoms with Crippen LogP contribution in [0.2, 0.25) is 0 Å². The molecule has 0 aromatic carbocycles. The van der Waals surface area contributed by atoms with Gasteiger partial charge in [0.05, 0.1) is 28.5 Å². The van der Waals surface area contributed by atoms with Gasteiger partial charge in [0.1, 0.15) is 17.0 Å². The number of amides is 1. The van der Waals surface area contributed by atoms with E-state index in [0.29, 0.717) is 28.3 Å². The quantitative estimate of drug-likeness (QED) is 0.274. The lowest BCUT2D eigenvalue weighted by Gasteiger charge is -2.17. The summed E-state index contributed by atoms with van der Waals surface area (Å²) < 4.78 is 16.0. The van der Waals surface area contributed by atoms with Crippen molar-refractivity contribution >= 4 is 45.0 Å². The molecular weight excluding hydrogens is 491 g/mol. The zero-order chi connectivity index (χ0) is 25.7. The lowest BCUT2D eigenvalue weighted by atomic mass is 9.95. The van der Waals surface area contributed by atoms with Crippen LogP contribution >= 0.6 is 11.3 Å². The fraction of sp³-hybridized carbons (Fsp3) is 0.154. The third kappa shape index (κ3) is 4.02. The van der Waals surface area contributed by atoms with E-state index in [-0.39, 0.29) is 22.5 Å². The number of aromatic amines is 2. The number of nitrogens with one attached hydrogen (secondary N) is 3. The SMILES string of the molecule is CC(C)(C)C(=O)Nc1cncc(-c2cnc3n[nH]c(-c4nc5c(-c6ccsc6)nccc5[nH]4)c3c2F)c1. The van der Waals surface area contributed by atoms with Gasteiger partial charge >= 0.3 is 0 Å². The van der Waals surface area contributed by atoms with E-state index in [0.717, 1.165) is 16.8 Å². The fourth-order valence-corrected chi connectivity index (χ4v) is 4.60. The van der Waals surface area contributed by atoms with Gasteiger partial charge in [-0.15, -0.1) is 0 Å². The number of nitrogens with zero attached hydrogens (tertiary/aromatic N) is 5. The van der Waals surface area contributed by atoms with Crippen LogP contribution in [0.4, 0.5) is 10.1 Å². The second-order valence-corrected chi connectivity index (χ2v) is 10.4. The first-order chi connectivity index (χ1) is 17.8. The van der Waals surface area contributed by atoms with E-state index in [1.165, 1.54) is 18.6 Å². The third-order valence-electron chi connectivity index (χ3n) is 5.94.